The summed E-state index contributed by atoms with van der Waals surface area (Å²) in [6.07, 6.45) is -7.92. The highest BCUT2D eigenvalue weighted by atomic mass is 16.4. The van der Waals surface area contributed by atoms with Crippen LogP contribution in [-0.2, 0) is 4.79 Å². The maximum absolute atomic E-state index is 12.0. The fraction of sp³-hybridized carbons (Fsp3) is 0.962. The summed E-state index contributed by atoms with van der Waals surface area (Å²) in [5, 5.41) is 32.1. The highest BCUT2D eigenvalue weighted by Crippen LogP contribution is 2.69. The Morgan fingerprint density at radius 1 is 1.13 bits per heavy atom. The van der Waals surface area contributed by atoms with Crippen molar-refractivity contribution in [2.24, 2.45) is 52.2 Å². The van der Waals surface area contributed by atoms with Crippen LogP contribution in [0.2, 0.25) is 0 Å². The van der Waals surface area contributed by atoms with Crippen molar-refractivity contribution < 1.29 is 29.7 Å². The molecule has 4 heteroatoms. The van der Waals surface area contributed by atoms with E-state index in [1.165, 1.54) is 0 Å². The first-order valence-corrected chi connectivity index (χ1v) is 11.8. The molecule has 3 N–H and O–H groups in total. The first kappa shape index (κ1) is 15.3. The van der Waals surface area contributed by atoms with Crippen LogP contribution in [0.4, 0.5) is 0 Å². The quantitative estimate of drug-likeness (QED) is 0.569. The van der Waals surface area contributed by atoms with Crippen molar-refractivity contribution >= 4 is 5.97 Å². The van der Waals surface area contributed by atoms with E-state index in [9.17, 15) is 22.9 Å². The second-order valence-corrected chi connectivity index (χ2v) is 10.9. The molecular formula is C26H44O4. The molecule has 4 saturated carbocycles. The number of carboxylic acids is 1. The number of rotatable bonds is 5. The van der Waals surface area contributed by atoms with Gasteiger partial charge in [-0.05, 0) is 104 Å². The molecule has 0 aromatic rings. The van der Waals surface area contributed by atoms with Gasteiger partial charge in [-0.25, -0.2) is 0 Å². The van der Waals surface area contributed by atoms with Crippen molar-refractivity contribution in [3.05, 3.63) is 0 Å². The summed E-state index contributed by atoms with van der Waals surface area (Å²) in [5.41, 5.74) is -1.43. The molecule has 11 atom stereocenters. The number of hydrogen-bond donors (Lipinski definition) is 3. The molecule has 30 heavy (non-hydrogen) atoms. The normalized spacial score (nSPS) is 65.7. The molecule has 0 amide bonds. The minimum Gasteiger partial charge on any atom is -0.481 e. The lowest BCUT2D eigenvalue weighted by molar-refractivity contribution is -0.203. The molecule has 0 spiro atoms. The second-order valence-electron chi connectivity index (χ2n) is 10.9. The minimum absolute atomic E-state index is 0.0725. The fourth-order valence-corrected chi connectivity index (χ4v) is 8.09. The Bertz CT molecular complexity index is 942. The lowest BCUT2D eigenvalue weighted by atomic mass is 9.41. The second kappa shape index (κ2) is 8.06. The predicted molar refractivity (Wildman–Crippen MR) is 118 cm³/mol. The van der Waals surface area contributed by atoms with Gasteiger partial charge in [-0.2, -0.15) is 0 Å². The molecule has 0 aromatic carbocycles. The van der Waals surface area contributed by atoms with Gasteiger partial charge in [0.05, 0.1) is 14.9 Å². The van der Waals surface area contributed by atoms with Crippen molar-refractivity contribution in [2.75, 3.05) is 0 Å². The average molecular weight is 428 g/mol. The van der Waals surface area contributed by atoms with Gasteiger partial charge < -0.3 is 15.3 Å². The largest absolute Gasteiger partial charge is 0.481 e. The van der Waals surface area contributed by atoms with Crippen LogP contribution in [0.1, 0.15) is 101 Å². The van der Waals surface area contributed by atoms with Gasteiger partial charge in [0, 0.05) is 13.3 Å². The Hall–Kier alpha value is -0.610. The monoisotopic (exact) mass is 427 g/mol. The van der Waals surface area contributed by atoms with Crippen molar-refractivity contribution in [3.63, 3.8) is 0 Å². The van der Waals surface area contributed by atoms with E-state index in [2.05, 4.69) is 13.8 Å². The van der Waals surface area contributed by atoms with Crippen molar-refractivity contribution in [1.82, 2.24) is 0 Å². The highest BCUT2D eigenvalue weighted by Gasteiger charge is 2.64. The molecule has 5 unspecified atom stereocenters. The number of fused-ring (bicyclic) bond motifs is 5. The molecule has 4 aliphatic carbocycles. The molecule has 4 rings (SSSR count). The molecule has 172 valence electrons. The van der Waals surface area contributed by atoms with Crippen molar-refractivity contribution in [1.29, 1.82) is 0 Å². The van der Waals surface area contributed by atoms with Gasteiger partial charge in [0.2, 0.25) is 0 Å². The molecule has 4 aliphatic rings. The third-order valence-corrected chi connectivity index (χ3v) is 9.64. The van der Waals surface area contributed by atoms with Crippen molar-refractivity contribution in [2.45, 2.75) is 104 Å². The van der Waals surface area contributed by atoms with Crippen LogP contribution in [0.15, 0.2) is 0 Å². The van der Waals surface area contributed by atoms with Crippen LogP contribution < -0.4 is 0 Å². The minimum atomic E-state index is -3.13. The zero-order valence-corrected chi connectivity index (χ0v) is 18.9. The lowest BCUT2D eigenvalue weighted by Gasteiger charge is -2.64. The van der Waals surface area contributed by atoms with Crippen LogP contribution in [-0.4, -0.2) is 33.4 Å². The Morgan fingerprint density at radius 3 is 2.50 bits per heavy atom. The third kappa shape index (κ3) is 3.36. The van der Waals surface area contributed by atoms with E-state index in [0.717, 1.165) is 12.8 Å². The van der Waals surface area contributed by atoms with E-state index in [1.807, 2.05) is 0 Å². The van der Waals surface area contributed by atoms with Crippen LogP contribution in [0.3, 0.4) is 0 Å². The number of hydrogen-bond acceptors (Lipinski definition) is 3. The fourth-order valence-electron chi connectivity index (χ4n) is 8.09. The van der Waals surface area contributed by atoms with Gasteiger partial charge >= 0.3 is 5.97 Å². The summed E-state index contributed by atoms with van der Waals surface area (Å²) in [6, 6.07) is 0. The van der Waals surface area contributed by atoms with E-state index in [1.54, 1.807) is 13.8 Å². The average Bonchev–Trinajstić information content (AvgIpc) is 3.11. The van der Waals surface area contributed by atoms with Gasteiger partial charge in [0.25, 0.3) is 0 Å². The van der Waals surface area contributed by atoms with Crippen LogP contribution in [0, 0.1) is 52.2 Å². The summed E-state index contributed by atoms with van der Waals surface area (Å²) >= 11 is 0. The standard InChI is InChI=1S/C26H44O4/c1-5-17-21-14-16(27)10-12-26(21,4)20-11-13-25(3)18(15(2)6-9-22(28)29)7-8-19(25)23(20)24(17)30/h15-21,23-24,27,30H,5-14H2,1-4H3,(H,28,29)/t15-,16-,17+,18-,19?,20?,21?,23?,24?,25-,26-/m1/s1/i10D2,14D2,16D,17D,24D. The number of carbonyl (C=O) groups is 1. The zero-order chi connectivity index (χ0) is 28.2. The Morgan fingerprint density at radius 2 is 1.83 bits per heavy atom. The SMILES string of the molecule is [2H]C1([2H])C[C@]2(C)C3CC[C@@]4(C)C(CC[C@@H]4[C@H](C)CCC(=O)O)C3C([2H])(O)[C@@]([2H])(CC)C2C([2H])([2H])[C@]1([2H])O. The number of aliphatic hydroxyl groups is 2. The Kier molecular flexibility index (Phi) is 4.10. The summed E-state index contributed by atoms with van der Waals surface area (Å²) in [7, 11) is 0. The molecule has 0 bridgehead atoms. The maximum Gasteiger partial charge on any atom is 0.303 e. The lowest BCUT2D eigenvalue weighted by Crippen LogP contribution is -2.62. The molecule has 4 nitrogen and oxygen atoms in total. The van der Waals surface area contributed by atoms with E-state index >= 15 is 0 Å². The van der Waals surface area contributed by atoms with Gasteiger partial charge in [-0.1, -0.05) is 34.1 Å². The van der Waals surface area contributed by atoms with Crippen molar-refractivity contribution in [3.8, 4) is 0 Å². The zero-order valence-electron chi connectivity index (χ0n) is 25.9. The summed E-state index contributed by atoms with van der Waals surface area (Å²) in [4.78, 5) is 11.2. The van der Waals surface area contributed by atoms with E-state index < -0.39 is 59.9 Å². The molecule has 0 aliphatic heterocycles. The maximum atomic E-state index is 12.0. The first-order valence-electron chi connectivity index (χ1n) is 15.3. The molecular weight excluding hydrogens is 376 g/mol. The molecule has 0 saturated heterocycles. The molecule has 0 radical (unpaired) electrons. The smallest absolute Gasteiger partial charge is 0.303 e. The number of aliphatic carboxylic acids is 1. The van der Waals surface area contributed by atoms with E-state index in [0.29, 0.717) is 19.3 Å². The first-order chi connectivity index (χ1) is 16.7. The predicted octanol–water partition coefficient (Wildman–Crippen LogP) is 5.11. The topological polar surface area (TPSA) is 77.8 Å². The molecule has 0 aromatic heterocycles. The summed E-state index contributed by atoms with van der Waals surface area (Å²) in [5.74, 6) is -5.26. The van der Waals surface area contributed by atoms with Gasteiger partial charge in [0.15, 0.2) is 0 Å². The Balaban J connectivity index is 1.83. The summed E-state index contributed by atoms with van der Waals surface area (Å²) in [6.45, 7) is 7.62. The van der Waals surface area contributed by atoms with E-state index in [-0.39, 0.29) is 42.4 Å². The highest BCUT2D eigenvalue weighted by molar-refractivity contribution is 5.66. The van der Waals surface area contributed by atoms with E-state index in [4.69, 9.17) is 6.85 Å². The number of carboxylic acid groups (broad SMARTS) is 1. The van der Waals surface area contributed by atoms with Gasteiger partial charge in [-0.15, -0.1) is 0 Å². The molecule has 0 heterocycles. The third-order valence-electron chi connectivity index (χ3n) is 9.64. The van der Waals surface area contributed by atoms with Crippen LogP contribution in [0.5, 0.6) is 0 Å². The van der Waals surface area contributed by atoms with Gasteiger partial charge in [0.1, 0.15) is 0 Å². The Labute approximate surface area is 192 Å². The molecule has 4 fully saturated rings. The van der Waals surface area contributed by atoms with Crippen LogP contribution >= 0.6 is 0 Å². The summed E-state index contributed by atoms with van der Waals surface area (Å²) < 4.78 is 62.1. The van der Waals surface area contributed by atoms with Crippen LogP contribution in [0.25, 0.3) is 0 Å². The van der Waals surface area contributed by atoms with Gasteiger partial charge in [-0.3, -0.25) is 4.79 Å².